The van der Waals surface area contributed by atoms with E-state index in [0.717, 1.165) is 29.6 Å². The van der Waals surface area contributed by atoms with Crippen LogP contribution in [0.15, 0.2) is 18.2 Å². The van der Waals surface area contributed by atoms with Crippen molar-refractivity contribution in [1.29, 1.82) is 0 Å². The Morgan fingerprint density at radius 1 is 1.33 bits per heavy atom. The number of fused-ring (bicyclic) bond motifs is 3. The number of aromatic nitrogens is 1. The highest BCUT2D eigenvalue weighted by molar-refractivity contribution is 5.88. The number of rotatable bonds is 1. The molecule has 112 valence electrons. The zero-order valence-corrected chi connectivity index (χ0v) is 13.1. The van der Waals surface area contributed by atoms with Crippen LogP contribution in [0.5, 0.6) is 5.75 Å². The lowest BCUT2D eigenvalue weighted by molar-refractivity contribution is -0.140. The summed E-state index contributed by atoms with van der Waals surface area (Å²) in [4.78, 5) is 17.9. The zero-order valence-electron chi connectivity index (χ0n) is 13.1. The van der Waals surface area contributed by atoms with E-state index in [0.29, 0.717) is 6.54 Å². The highest BCUT2D eigenvalue weighted by Crippen LogP contribution is 2.31. The SMILES string of the molecule is COc1ccc2[nH]c3c(c2c1)CN(C(=O)C(C)(C)C)CC3. The molecule has 1 aliphatic heterocycles. The van der Waals surface area contributed by atoms with E-state index in [2.05, 4.69) is 11.1 Å². The van der Waals surface area contributed by atoms with Gasteiger partial charge in [-0.05, 0) is 18.2 Å². The Morgan fingerprint density at radius 3 is 2.76 bits per heavy atom. The fraction of sp³-hybridized carbons (Fsp3) is 0.471. The van der Waals surface area contributed by atoms with E-state index in [1.807, 2.05) is 37.8 Å². The van der Waals surface area contributed by atoms with Gasteiger partial charge in [0, 0.05) is 47.1 Å². The van der Waals surface area contributed by atoms with Gasteiger partial charge in [0.25, 0.3) is 0 Å². The third-order valence-corrected chi connectivity index (χ3v) is 4.11. The number of carbonyl (C=O) groups is 1. The fourth-order valence-electron chi connectivity index (χ4n) is 2.97. The first-order valence-corrected chi connectivity index (χ1v) is 7.37. The number of hydrogen-bond donors (Lipinski definition) is 1. The van der Waals surface area contributed by atoms with Crippen LogP contribution >= 0.6 is 0 Å². The third kappa shape index (κ3) is 2.39. The molecule has 2 heterocycles. The minimum atomic E-state index is -0.332. The minimum absolute atomic E-state index is 0.213. The highest BCUT2D eigenvalue weighted by Gasteiger charge is 2.30. The first kappa shape index (κ1) is 14.0. The average molecular weight is 286 g/mol. The molecule has 4 nitrogen and oxygen atoms in total. The van der Waals surface area contributed by atoms with E-state index in [9.17, 15) is 4.79 Å². The lowest BCUT2D eigenvalue weighted by atomic mass is 9.93. The van der Waals surface area contributed by atoms with Gasteiger partial charge in [-0.25, -0.2) is 0 Å². The standard InChI is InChI=1S/C17H22N2O2/c1-17(2,3)16(20)19-8-7-15-13(10-19)12-9-11(21-4)5-6-14(12)18-15/h5-6,9,18H,7-8,10H2,1-4H3. The van der Waals surface area contributed by atoms with Crippen LogP contribution in [-0.4, -0.2) is 29.4 Å². The molecular weight excluding hydrogens is 264 g/mol. The number of H-pyrrole nitrogens is 1. The van der Waals surface area contributed by atoms with Crippen molar-refractivity contribution in [3.8, 4) is 5.75 Å². The Bertz CT molecular complexity index is 695. The van der Waals surface area contributed by atoms with Gasteiger partial charge >= 0.3 is 0 Å². The van der Waals surface area contributed by atoms with Gasteiger partial charge in [0.1, 0.15) is 5.75 Å². The Labute approximate surface area is 125 Å². The van der Waals surface area contributed by atoms with E-state index in [1.54, 1.807) is 7.11 Å². The second-order valence-electron chi connectivity index (χ2n) is 6.72. The molecule has 21 heavy (non-hydrogen) atoms. The Kier molecular flexibility index (Phi) is 3.19. The van der Waals surface area contributed by atoms with E-state index in [4.69, 9.17) is 4.74 Å². The van der Waals surface area contributed by atoms with Crippen molar-refractivity contribution >= 4 is 16.8 Å². The first-order valence-electron chi connectivity index (χ1n) is 7.37. The van der Waals surface area contributed by atoms with E-state index in [1.165, 1.54) is 11.3 Å². The highest BCUT2D eigenvalue weighted by atomic mass is 16.5. The van der Waals surface area contributed by atoms with Crippen LogP contribution in [0.1, 0.15) is 32.0 Å². The number of hydrogen-bond acceptors (Lipinski definition) is 2. The number of ether oxygens (including phenoxy) is 1. The second kappa shape index (κ2) is 4.79. The molecule has 0 saturated carbocycles. The molecule has 3 rings (SSSR count). The summed E-state index contributed by atoms with van der Waals surface area (Å²) in [6.07, 6.45) is 0.883. The molecule has 0 aliphatic carbocycles. The lowest BCUT2D eigenvalue weighted by Crippen LogP contribution is -2.42. The van der Waals surface area contributed by atoms with E-state index in [-0.39, 0.29) is 11.3 Å². The summed E-state index contributed by atoms with van der Waals surface area (Å²) in [5.41, 5.74) is 3.26. The van der Waals surface area contributed by atoms with Gasteiger partial charge in [0.15, 0.2) is 0 Å². The van der Waals surface area contributed by atoms with Crippen LogP contribution in [0.4, 0.5) is 0 Å². The first-order chi connectivity index (χ1) is 9.90. The van der Waals surface area contributed by atoms with Crippen LogP contribution in [-0.2, 0) is 17.8 Å². The van der Waals surface area contributed by atoms with Crippen LogP contribution < -0.4 is 4.74 Å². The van der Waals surface area contributed by atoms with Gasteiger partial charge < -0.3 is 14.6 Å². The molecule has 2 aromatic rings. The fourth-order valence-corrected chi connectivity index (χ4v) is 2.97. The maximum Gasteiger partial charge on any atom is 0.228 e. The van der Waals surface area contributed by atoms with Gasteiger partial charge in [-0.1, -0.05) is 20.8 Å². The van der Waals surface area contributed by atoms with Crippen molar-refractivity contribution in [3.63, 3.8) is 0 Å². The molecule has 0 unspecified atom stereocenters. The van der Waals surface area contributed by atoms with Crippen molar-refractivity contribution in [2.45, 2.75) is 33.7 Å². The molecule has 0 saturated heterocycles. The number of nitrogens with one attached hydrogen (secondary N) is 1. The molecule has 1 aromatic carbocycles. The molecular formula is C17H22N2O2. The van der Waals surface area contributed by atoms with Crippen LogP contribution in [0.2, 0.25) is 0 Å². The number of methoxy groups -OCH3 is 1. The molecule has 0 spiro atoms. The van der Waals surface area contributed by atoms with Gasteiger partial charge in [-0.15, -0.1) is 0 Å². The van der Waals surface area contributed by atoms with Crippen molar-refractivity contribution in [2.75, 3.05) is 13.7 Å². The van der Waals surface area contributed by atoms with E-state index < -0.39 is 0 Å². The predicted octanol–water partition coefficient (Wildman–Crippen LogP) is 3.11. The monoisotopic (exact) mass is 286 g/mol. The Morgan fingerprint density at radius 2 is 2.10 bits per heavy atom. The normalized spacial score (nSPS) is 15.1. The molecule has 0 bridgehead atoms. The van der Waals surface area contributed by atoms with Crippen molar-refractivity contribution in [1.82, 2.24) is 9.88 Å². The lowest BCUT2D eigenvalue weighted by Gasteiger charge is -2.32. The molecule has 0 fully saturated rings. The van der Waals surface area contributed by atoms with Gasteiger partial charge in [-0.3, -0.25) is 4.79 Å². The number of nitrogens with zero attached hydrogens (tertiary/aromatic N) is 1. The Balaban J connectivity index is 1.99. The number of carbonyl (C=O) groups excluding carboxylic acids is 1. The van der Waals surface area contributed by atoms with Gasteiger partial charge in [-0.2, -0.15) is 0 Å². The predicted molar refractivity (Wildman–Crippen MR) is 83.4 cm³/mol. The summed E-state index contributed by atoms with van der Waals surface area (Å²) >= 11 is 0. The van der Waals surface area contributed by atoms with Gasteiger partial charge in [0.05, 0.1) is 7.11 Å². The summed E-state index contributed by atoms with van der Waals surface area (Å²) in [6, 6.07) is 6.06. The second-order valence-corrected chi connectivity index (χ2v) is 6.72. The maximum atomic E-state index is 12.5. The molecule has 1 aliphatic rings. The van der Waals surface area contributed by atoms with Crippen LogP contribution in [0.25, 0.3) is 10.9 Å². The number of amides is 1. The summed E-state index contributed by atoms with van der Waals surface area (Å²) in [6.45, 7) is 7.39. The van der Waals surface area contributed by atoms with E-state index >= 15 is 0 Å². The third-order valence-electron chi connectivity index (χ3n) is 4.11. The average Bonchev–Trinajstić information content (AvgIpc) is 2.82. The number of benzene rings is 1. The summed E-state index contributed by atoms with van der Waals surface area (Å²) in [7, 11) is 1.68. The Hall–Kier alpha value is -1.97. The van der Waals surface area contributed by atoms with Crippen molar-refractivity contribution in [3.05, 3.63) is 29.5 Å². The largest absolute Gasteiger partial charge is 0.497 e. The molecule has 1 aromatic heterocycles. The molecule has 1 amide bonds. The zero-order chi connectivity index (χ0) is 15.2. The molecule has 0 atom stereocenters. The van der Waals surface area contributed by atoms with Gasteiger partial charge in [0.2, 0.25) is 5.91 Å². The van der Waals surface area contributed by atoms with Crippen LogP contribution in [0, 0.1) is 5.41 Å². The molecule has 4 heteroatoms. The summed E-state index contributed by atoms with van der Waals surface area (Å²) in [5.74, 6) is 1.06. The summed E-state index contributed by atoms with van der Waals surface area (Å²) in [5, 5.41) is 1.16. The smallest absolute Gasteiger partial charge is 0.228 e. The van der Waals surface area contributed by atoms with Crippen molar-refractivity contribution in [2.24, 2.45) is 5.41 Å². The summed E-state index contributed by atoms with van der Waals surface area (Å²) < 4.78 is 5.32. The molecule has 1 N–H and O–H groups in total. The minimum Gasteiger partial charge on any atom is -0.497 e. The quantitative estimate of drug-likeness (QED) is 0.875. The number of aromatic amines is 1. The topological polar surface area (TPSA) is 45.3 Å². The van der Waals surface area contributed by atoms with Crippen LogP contribution in [0.3, 0.4) is 0 Å². The van der Waals surface area contributed by atoms with Crippen molar-refractivity contribution < 1.29 is 9.53 Å². The maximum absolute atomic E-state index is 12.5. The molecule has 0 radical (unpaired) electrons.